The molecule has 0 atom stereocenters. The highest BCUT2D eigenvalue weighted by Crippen LogP contribution is 2.15. The average molecular weight is 420 g/mol. The highest BCUT2D eigenvalue weighted by molar-refractivity contribution is 7.89. The number of pyridine rings is 1. The lowest BCUT2D eigenvalue weighted by molar-refractivity contribution is -0.917. The minimum atomic E-state index is -3.74. The zero-order chi connectivity index (χ0) is 20.7. The number of hydrogen-bond donors (Lipinski definition) is 2. The standard InChI is InChI=1S/C20H26N4O4S/c1-2-28-18-3-5-19(6-4-18)29(26,27)22-15-20(25)24-13-11-23(12-14-24)16-17-7-9-21-10-8-17/h3-10,22H,2,11-16H2,1H3/p+1. The molecule has 0 spiro atoms. The van der Waals surface area contributed by atoms with Crippen LogP contribution in [0.2, 0.25) is 0 Å². The second kappa shape index (κ2) is 9.82. The summed E-state index contributed by atoms with van der Waals surface area (Å²) in [6.07, 6.45) is 3.57. The second-order valence-corrected chi connectivity index (χ2v) is 8.66. The van der Waals surface area contributed by atoms with Gasteiger partial charge in [0.05, 0.1) is 44.2 Å². The van der Waals surface area contributed by atoms with Gasteiger partial charge < -0.3 is 14.5 Å². The molecule has 1 saturated heterocycles. The van der Waals surface area contributed by atoms with Crippen molar-refractivity contribution >= 4 is 15.9 Å². The minimum Gasteiger partial charge on any atom is -0.494 e. The Labute approximate surface area is 171 Å². The number of carbonyl (C=O) groups is 1. The number of carbonyl (C=O) groups excluding carboxylic acids is 1. The van der Waals surface area contributed by atoms with Crippen molar-refractivity contribution in [1.82, 2.24) is 14.6 Å². The molecular weight excluding hydrogens is 392 g/mol. The molecule has 0 aliphatic carbocycles. The van der Waals surface area contributed by atoms with Gasteiger partial charge in [0.2, 0.25) is 15.9 Å². The van der Waals surface area contributed by atoms with E-state index >= 15 is 0 Å². The SMILES string of the molecule is CCOc1ccc(S(=O)(=O)NCC(=O)N2CC[NH+](Cc3ccncc3)CC2)cc1. The Kier molecular flexibility index (Phi) is 7.18. The zero-order valence-electron chi connectivity index (χ0n) is 16.5. The number of rotatable bonds is 8. The third-order valence-electron chi connectivity index (χ3n) is 4.89. The summed E-state index contributed by atoms with van der Waals surface area (Å²) in [7, 11) is -3.74. The predicted octanol–water partition coefficient (Wildman–Crippen LogP) is -0.314. The Morgan fingerprint density at radius 2 is 1.79 bits per heavy atom. The van der Waals surface area contributed by atoms with Gasteiger partial charge in [0.1, 0.15) is 12.3 Å². The molecule has 0 bridgehead atoms. The fourth-order valence-corrected chi connectivity index (χ4v) is 4.25. The fraction of sp³-hybridized carbons (Fsp3) is 0.400. The molecule has 1 fully saturated rings. The normalized spacial score (nSPS) is 15.3. The van der Waals surface area contributed by atoms with Gasteiger partial charge in [-0.25, -0.2) is 13.1 Å². The molecule has 2 N–H and O–H groups in total. The maximum atomic E-state index is 12.4. The van der Waals surface area contributed by atoms with Crippen LogP contribution in [0.15, 0.2) is 53.7 Å². The van der Waals surface area contributed by atoms with Crippen molar-refractivity contribution in [2.45, 2.75) is 18.4 Å². The van der Waals surface area contributed by atoms with Gasteiger partial charge in [0.25, 0.3) is 0 Å². The Balaban J connectivity index is 1.47. The van der Waals surface area contributed by atoms with Gasteiger partial charge in [0.15, 0.2) is 0 Å². The first kappa shape index (κ1) is 21.2. The number of benzene rings is 1. The molecule has 0 saturated carbocycles. The first-order valence-electron chi connectivity index (χ1n) is 9.70. The summed E-state index contributed by atoms with van der Waals surface area (Å²) in [4.78, 5) is 19.7. The van der Waals surface area contributed by atoms with E-state index in [0.29, 0.717) is 25.4 Å². The third-order valence-corrected chi connectivity index (χ3v) is 6.30. The summed E-state index contributed by atoms with van der Waals surface area (Å²) in [5.74, 6) is 0.400. The molecule has 0 radical (unpaired) electrons. The molecule has 1 aromatic heterocycles. The molecule has 1 aliphatic rings. The van der Waals surface area contributed by atoms with Gasteiger partial charge in [-0.1, -0.05) is 0 Å². The van der Waals surface area contributed by atoms with Crippen molar-refractivity contribution in [3.8, 4) is 5.75 Å². The predicted molar refractivity (Wildman–Crippen MR) is 108 cm³/mol. The Morgan fingerprint density at radius 3 is 2.41 bits per heavy atom. The monoisotopic (exact) mass is 419 g/mol. The van der Waals surface area contributed by atoms with Crippen LogP contribution in [0.4, 0.5) is 0 Å². The van der Waals surface area contributed by atoms with E-state index in [1.165, 1.54) is 22.6 Å². The highest BCUT2D eigenvalue weighted by atomic mass is 32.2. The zero-order valence-corrected chi connectivity index (χ0v) is 17.3. The van der Waals surface area contributed by atoms with Crippen LogP contribution in [0.25, 0.3) is 0 Å². The number of piperazine rings is 1. The number of ether oxygens (including phenoxy) is 1. The van der Waals surface area contributed by atoms with E-state index in [-0.39, 0.29) is 17.3 Å². The van der Waals surface area contributed by atoms with E-state index in [9.17, 15) is 13.2 Å². The molecule has 9 heteroatoms. The number of nitrogens with zero attached hydrogens (tertiary/aromatic N) is 2. The van der Waals surface area contributed by atoms with Crippen molar-refractivity contribution in [3.63, 3.8) is 0 Å². The van der Waals surface area contributed by atoms with Crippen LogP contribution in [-0.4, -0.2) is 63.5 Å². The van der Waals surface area contributed by atoms with Crippen molar-refractivity contribution < 1.29 is 22.8 Å². The maximum absolute atomic E-state index is 12.4. The smallest absolute Gasteiger partial charge is 0.241 e. The first-order chi connectivity index (χ1) is 14.0. The lowest BCUT2D eigenvalue weighted by Crippen LogP contribution is -3.13. The fourth-order valence-electron chi connectivity index (χ4n) is 3.27. The Bertz CT molecular complexity index is 896. The molecule has 1 amide bonds. The second-order valence-electron chi connectivity index (χ2n) is 6.89. The van der Waals surface area contributed by atoms with Crippen molar-refractivity contribution in [2.24, 2.45) is 0 Å². The third kappa shape index (κ3) is 5.99. The lowest BCUT2D eigenvalue weighted by Gasteiger charge is -2.32. The van der Waals surface area contributed by atoms with Gasteiger partial charge in [-0.2, -0.15) is 0 Å². The average Bonchev–Trinajstić information content (AvgIpc) is 2.74. The molecule has 29 heavy (non-hydrogen) atoms. The summed E-state index contributed by atoms with van der Waals surface area (Å²) >= 11 is 0. The van der Waals surface area contributed by atoms with Gasteiger partial charge in [-0.15, -0.1) is 0 Å². The van der Waals surface area contributed by atoms with Crippen LogP contribution in [-0.2, 0) is 21.4 Å². The lowest BCUT2D eigenvalue weighted by atomic mass is 10.2. The molecule has 8 nitrogen and oxygen atoms in total. The van der Waals surface area contributed by atoms with Gasteiger partial charge in [-0.3, -0.25) is 9.78 Å². The number of hydrogen-bond acceptors (Lipinski definition) is 5. The van der Waals surface area contributed by atoms with E-state index in [1.807, 2.05) is 19.1 Å². The van der Waals surface area contributed by atoms with Crippen LogP contribution < -0.4 is 14.4 Å². The van der Waals surface area contributed by atoms with E-state index in [4.69, 9.17) is 4.74 Å². The molecule has 1 aliphatic heterocycles. The number of nitrogens with one attached hydrogen (secondary N) is 2. The highest BCUT2D eigenvalue weighted by Gasteiger charge is 2.25. The number of amides is 1. The largest absolute Gasteiger partial charge is 0.494 e. The molecule has 3 rings (SSSR count). The van der Waals surface area contributed by atoms with Crippen LogP contribution in [0.3, 0.4) is 0 Å². The van der Waals surface area contributed by atoms with Crippen molar-refractivity contribution in [1.29, 1.82) is 0 Å². The molecular formula is C20H27N4O4S+. The summed E-state index contributed by atoms with van der Waals surface area (Å²) in [5, 5.41) is 0. The van der Waals surface area contributed by atoms with E-state index < -0.39 is 10.0 Å². The molecule has 0 unspecified atom stereocenters. The van der Waals surface area contributed by atoms with Crippen molar-refractivity contribution in [2.75, 3.05) is 39.3 Å². The Hall–Kier alpha value is -2.49. The van der Waals surface area contributed by atoms with Crippen LogP contribution in [0.1, 0.15) is 12.5 Å². The maximum Gasteiger partial charge on any atom is 0.241 e. The van der Waals surface area contributed by atoms with Gasteiger partial charge in [0, 0.05) is 18.0 Å². The van der Waals surface area contributed by atoms with Crippen molar-refractivity contribution in [3.05, 3.63) is 54.4 Å². The van der Waals surface area contributed by atoms with E-state index in [0.717, 1.165) is 19.6 Å². The molecule has 156 valence electrons. The molecule has 1 aromatic carbocycles. The van der Waals surface area contributed by atoms with Gasteiger partial charge in [-0.05, 0) is 43.3 Å². The van der Waals surface area contributed by atoms with E-state index in [2.05, 4.69) is 9.71 Å². The van der Waals surface area contributed by atoms with Gasteiger partial charge >= 0.3 is 0 Å². The van der Waals surface area contributed by atoms with Crippen LogP contribution in [0.5, 0.6) is 5.75 Å². The summed E-state index contributed by atoms with van der Waals surface area (Å²) in [6.45, 7) is 5.92. The summed E-state index contributed by atoms with van der Waals surface area (Å²) < 4.78 is 32.5. The summed E-state index contributed by atoms with van der Waals surface area (Å²) in [6, 6.07) is 10.1. The Morgan fingerprint density at radius 1 is 1.14 bits per heavy atom. The quantitative estimate of drug-likeness (QED) is 0.612. The number of quaternary nitrogens is 1. The number of sulfonamides is 1. The van der Waals surface area contributed by atoms with Crippen LogP contribution in [0, 0.1) is 0 Å². The topological polar surface area (TPSA) is 93.0 Å². The molecule has 2 aromatic rings. The number of aromatic nitrogens is 1. The molecule has 2 heterocycles. The van der Waals surface area contributed by atoms with Crippen LogP contribution >= 0.6 is 0 Å². The minimum absolute atomic E-state index is 0.111. The summed E-state index contributed by atoms with van der Waals surface area (Å²) in [5.41, 5.74) is 1.22. The first-order valence-corrected chi connectivity index (χ1v) is 11.2. The van der Waals surface area contributed by atoms with E-state index in [1.54, 1.807) is 29.4 Å².